The van der Waals surface area contributed by atoms with Crippen LogP contribution in [0.5, 0.6) is 0 Å². The molecule has 0 saturated carbocycles. The Bertz CT molecular complexity index is 9.65. The summed E-state index contributed by atoms with van der Waals surface area (Å²) in [5.74, 6) is 0. The fourth-order valence-corrected chi connectivity index (χ4v) is 0. The van der Waals surface area contributed by atoms with Crippen LogP contribution < -0.4 is 18.8 Å². The molecule has 0 aliphatic rings. The maximum absolute atomic E-state index is 0. The van der Waals surface area contributed by atoms with Crippen molar-refractivity contribution >= 4 is 23.1 Å². The Labute approximate surface area is 85.8 Å². The zero-order valence-electron chi connectivity index (χ0n) is 2.82. The second-order valence-electron chi connectivity index (χ2n) is 0. The molecule has 0 bridgehead atoms. The van der Waals surface area contributed by atoms with Crippen LogP contribution >= 0.6 is 0 Å². The predicted octanol–water partition coefficient (Wildman–Crippen LogP) is -12.4. The van der Waals surface area contributed by atoms with Gasteiger partial charge in [-0.2, -0.15) is 0 Å². The SMILES string of the molecule is [Ag+].[Ag+].[F-].[F-].[F-].[F-].[Mg+2]. The van der Waals surface area contributed by atoms with E-state index in [2.05, 4.69) is 0 Å². The van der Waals surface area contributed by atoms with Crippen molar-refractivity contribution in [3.8, 4) is 0 Å². The molecule has 0 aliphatic heterocycles. The van der Waals surface area contributed by atoms with Crippen molar-refractivity contribution in [1.82, 2.24) is 0 Å². The van der Waals surface area contributed by atoms with Crippen molar-refractivity contribution in [2.45, 2.75) is 0 Å². The molecule has 0 fully saturated rings. The summed E-state index contributed by atoms with van der Waals surface area (Å²) in [6.45, 7) is 0. The molecule has 0 radical (unpaired) electrons. The van der Waals surface area contributed by atoms with Gasteiger partial charge in [-0.25, -0.2) is 0 Å². The third-order valence-electron chi connectivity index (χ3n) is 0. The average Bonchev–Trinajstić information content (AvgIpc) is 0. The molecule has 52 valence electrons. The fraction of sp³-hybridized carbons (Fsp3) is 0. The van der Waals surface area contributed by atoms with Gasteiger partial charge in [0.05, 0.1) is 0 Å². The van der Waals surface area contributed by atoms with Crippen molar-refractivity contribution in [1.29, 1.82) is 0 Å². The molecule has 0 N–H and O–H groups in total. The van der Waals surface area contributed by atoms with Crippen LogP contribution in [-0.4, -0.2) is 23.1 Å². The van der Waals surface area contributed by atoms with Crippen molar-refractivity contribution in [3.05, 3.63) is 0 Å². The van der Waals surface area contributed by atoms with Gasteiger partial charge in [0.15, 0.2) is 0 Å². The van der Waals surface area contributed by atoms with E-state index in [0.29, 0.717) is 0 Å². The molecule has 0 aromatic rings. The zero-order chi connectivity index (χ0) is 0. The second-order valence-corrected chi connectivity index (χ2v) is 0. The molecular weight excluding hydrogens is 316 g/mol. The largest absolute Gasteiger partial charge is 2.00 e. The summed E-state index contributed by atoms with van der Waals surface area (Å²) in [5, 5.41) is 0. The monoisotopic (exact) mass is 314 g/mol. The molecule has 0 atom stereocenters. The minimum atomic E-state index is 0. The van der Waals surface area contributed by atoms with Crippen LogP contribution in [0.4, 0.5) is 0 Å². The molecule has 0 nitrogen and oxygen atoms in total. The topological polar surface area (TPSA) is 0 Å². The summed E-state index contributed by atoms with van der Waals surface area (Å²) in [6, 6.07) is 0. The Morgan fingerprint density at radius 1 is 0.429 bits per heavy atom. The quantitative estimate of drug-likeness (QED) is 0.308. The Balaban J connectivity index is 0. The molecule has 7 heavy (non-hydrogen) atoms. The van der Waals surface area contributed by atoms with E-state index < -0.39 is 0 Å². The minimum Gasteiger partial charge on any atom is -1.00 e. The first-order valence-corrected chi connectivity index (χ1v) is 0. The number of hydrogen-bond donors (Lipinski definition) is 0. The van der Waals surface area contributed by atoms with Gasteiger partial charge in [0.25, 0.3) is 0 Å². The van der Waals surface area contributed by atoms with E-state index in [4.69, 9.17) is 0 Å². The predicted molar refractivity (Wildman–Crippen MR) is 5.75 cm³/mol. The summed E-state index contributed by atoms with van der Waals surface area (Å²) in [7, 11) is 0. The third kappa shape index (κ3) is 73.3. The maximum Gasteiger partial charge on any atom is 2.00 e. The number of rotatable bonds is 0. The van der Waals surface area contributed by atoms with Crippen LogP contribution in [0.2, 0.25) is 0 Å². The molecular formula is Ag2F4Mg. The molecule has 0 amide bonds. The molecule has 0 aromatic carbocycles. The average molecular weight is 316 g/mol. The fourth-order valence-electron chi connectivity index (χ4n) is 0. The molecule has 0 saturated heterocycles. The Kier molecular flexibility index (Phi) is 2100. The first-order chi connectivity index (χ1) is 0. The summed E-state index contributed by atoms with van der Waals surface area (Å²) < 4.78 is 0. The van der Waals surface area contributed by atoms with E-state index in [1.807, 2.05) is 0 Å². The molecule has 0 unspecified atom stereocenters. The van der Waals surface area contributed by atoms with Crippen molar-refractivity contribution < 1.29 is 63.6 Å². The van der Waals surface area contributed by atoms with Crippen molar-refractivity contribution in [2.75, 3.05) is 0 Å². The summed E-state index contributed by atoms with van der Waals surface area (Å²) in [6.07, 6.45) is 0. The summed E-state index contributed by atoms with van der Waals surface area (Å²) in [4.78, 5) is 0. The van der Waals surface area contributed by atoms with Crippen LogP contribution in [0.15, 0.2) is 0 Å². The van der Waals surface area contributed by atoms with E-state index in [9.17, 15) is 0 Å². The molecule has 7 heteroatoms. The molecule has 0 aromatic heterocycles. The zero-order valence-corrected chi connectivity index (χ0v) is 7.20. The third-order valence-corrected chi connectivity index (χ3v) is 0. The van der Waals surface area contributed by atoms with Gasteiger partial charge in [-0.1, -0.05) is 0 Å². The smallest absolute Gasteiger partial charge is 1.00 e. The van der Waals surface area contributed by atoms with Gasteiger partial charge in [0.2, 0.25) is 0 Å². The van der Waals surface area contributed by atoms with E-state index >= 15 is 0 Å². The van der Waals surface area contributed by atoms with Crippen molar-refractivity contribution in [3.63, 3.8) is 0 Å². The van der Waals surface area contributed by atoms with E-state index in [1.165, 1.54) is 0 Å². The Morgan fingerprint density at radius 2 is 0.429 bits per heavy atom. The minimum absolute atomic E-state index is 0. The molecule has 0 rings (SSSR count). The van der Waals surface area contributed by atoms with Crippen LogP contribution in [0.25, 0.3) is 0 Å². The van der Waals surface area contributed by atoms with Crippen molar-refractivity contribution in [2.24, 2.45) is 0 Å². The molecule has 0 heterocycles. The van der Waals surface area contributed by atoms with Crippen LogP contribution in [0.3, 0.4) is 0 Å². The van der Waals surface area contributed by atoms with Gasteiger partial charge in [0.1, 0.15) is 0 Å². The molecule has 0 aliphatic carbocycles. The Morgan fingerprint density at radius 3 is 0.429 bits per heavy atom. The van der Waals surface area contributed by atoms with E-state index in [1.54, 1.807) is 0 Å². The first-order valence-electron chi connectivity index (χ1n) is 0. The second kappa shape index (κ2) is 100.0. The summed E-state index contributed by atoms with van der Waals surface area (Å²) in [5.41, 5.74) is 0. The van der Waals surface area contributed by atoms with Gasteiger partial charge in [0, 0.05) is 0 Å². The maximum atomic E-state index is 0. The van der Waals surface area contributed by atoms with Crippen LogP contribution in [0.1, 0.15) is 0 Å². The molecule has 0 spiro atoms. The van der Waals surface area contributed by atoms with Gasteiger partial charge >= 0.3 is 67.8 Å². The normalized spacial score (nSPS) is 0. The standard InChI is InChI=1S/2Ag.4FH.Mg/h;;4*1H;/q2*+1;;;;;+2/p-4. The number of halogens is 4. The van der Waals surface area contributed by atoms with Gasteiger partial charge < -0.3 is 18.8 Å². The number of hydrogen-bond acceptors (Lipinski definition) is 0. The summed E-state index contributed by atoms with van der Waals surface area (Å²) >= 11 is 0. The van der Waals surface area contributed by atoms with Gasteiger partial charge in [-0.15, -0.1) is 0 Å². The van der Waals surface area contributed by atoms with Gasteiger partial charge in [-0.3, -0.25) is 0 Å². The van der Waals surface area contributed by atoms with Crippen LogP contribution in [-0.2, 0) is 44.8 Å². The van der Waals surface area contributed by atoms with E-state index in [0.717, 1.165) is 0 Å². The Hall–Kier alpha value is 1.97. The van der Waals surface area contributed by atoms with Gasteiger partial charge in [-0.05, 0) is 0 Å². The van der Waals surface area contributed by atoms with Crippen LogP contribution in [0, 0.1) is 0 Å². The first kappa shape index (κ1) is 147. The van der Waals surface area contributed by atoms with E-state index in [-0.39, 0.29) is 86.6 Å².